The first-order chi connectivity index (χ1) is 15.7. The second-order valence-corrected chi connectivity index (χ2v) is 7.89. The highest BCUT2D eigenvalue weighted by Crippen LogP contribution is 2.23. The van der Waals surface area contributed by atoms with Crippen molar-refractivity contribution in [2.24, 2.45) is 0 Å². The number of rotatable bonds is 8. The molecule has 1 aliphatic rings. The summed E-state index contributed by atoms with van der Waals surface area (Å²) in [7, 11) is 0. The van der Waals surface area contributed by atoms with E-state index in [1.807, 2.05) is 23.1 Å². The minimum atomic E-state index is 0.269. The second-order valence-electron chi connectivity index (χ2n) is 7.89. The van der Waals surface area contributed by atoms with Crippen LogP contribution >= 0.6 is 0 Å². The number of benzene rings is 1. The smallest absolute Gasteiger partial charge is 0.223 e. The second kappa shape index (κ2) is 8.80. The fourth-order valence-corrected chi connectivity index (χ4v) is 3.93. The molecule has 3 N–H and O–H groups in total. The molecule has 1 saturated heterocycles. The van der Waals surface area contributed by atoms with Crippen LogP contribution in [0.25, 0.3) is 28.5 Å². The zero-order valence-corrected chi connectivity index (χ0v) is 17.7. The summed E-state index contributed by atoms with van der Waals surface area (Å²) in [6.07, 6.45) is 4.24. The summed E-state index contributed by atoms with van der Waals surface area (Å²) in [4.78, 5) is 22.6. The Kier molecular flexibility index (Phi) is 5.55. The van der Waals surface area contributed by atoms with E-state index in [0.29, 0.717) is 23.7 Å². The Bertz CT molecular complexity index is 1220. The summed E-state index contributed by atoms with van der Waals surface area (Å²) in [5.74, 6) is 1.61. The minimum Gasteiger partial charge on any atom is -0.461 e. The maximum Gasteiger partial charge on any atom is 0.223 e. The van der Waals surface area contributed by atoms with Crippen LogP contribution in [0.3, 0.4) is 0 Å². The summed E-state index contributed by atoms with van der Waals surface area (Å²) in [6, 6.07) is 13.7. The molecule has 1 aromatic carbocycles. The van der Waals surface area contributed by atoms with Crippen LogP contribution in [0.2, 0.25) is 0 Å². The standard InChI is InChI=1S/C23H25N7O2/c24-23-26-18(14-20-27-22(28-30(20)23)19-4-2-13-32-19)17-8-6-16(7-9-17)15-25-10-3-12-29-11-1-5-21(29)31/h2,4,6-9,13-14,25H,1,3,5,10-12,15H2,(H2,24,26). The van der Waals surface area contributed by atoms with Gasteiger partial charge in [0.25, 0.3) is 0 Å². The van der Waals surface area contributed by atoms with Crippen molar-refractivity contribution in [3.8, 4) is 22.8 Å². The third kappa shape index (κ3) is 4.19. The molecule has 9 nitrogen and oxygen atoms in total. The van der Waals surface area contributed by atoms with Gasteiger partial charge in [0.05, 0.1) is 12.0 Å². The number of anilines is 1. The lowest BCUT2D eigenvalue weighted by Crippen LogP contribution is -2.28. The van der Waals surface area contributed by atoms with Gasteiger partial charge in [0.2, 0.25) is 17.7 Å². The van der Waals surface area contributed by atoms with Gasteiger partial charge in [0, 0.05) is 37.7 Å². The summed E-state index contributed by atoms with van der Waals surface area (Å²) in [5, 5.41) is 7.82. The first kappa shape index (κ1) is 20.2. The average molecular weight is 432 g/mol. The fourth-order valence-electron chi connectivity index (χ4n) is 3.93. The zero-order chi connectivity index (χ0) is 21.9. The minimum absolute atomic E-state index is 0.269. The molecule has 164 valence electrons. The Morgan fingerprint density at radius 1 is 1.16 bits per heavy atom. The SMILES string of the molecule is Nc1nc(-c2ccc(CNCCCN3CCCC3=O)cc2)cc2nc(-c3ccco3)nn12. The van der Waals surface area contributed by atoms with E-state index >= 15 is 0 Å². The molecule has 1 fully saturated rings. The monoisotopic (exact) mass is 431 g/mol. The van der Waals surface area contributed by atoms with Crippen LogP contribution in [0, 0.1) is 0 Å². The predicted octanol–water partition coefficient (Wildman–Crippen LogP) is 2.74. The van der Waals surface area contributed by atoms with Crippen LogP contribution in [0.5, 0.6) is 0 Å². The lowest BCUT2D eigenvalue weighted by molar-refractivity contribution is -0.127. The number of furan rings is 1. The average Bonchev–Trinajstić information content (AvgIpc) is 3.55. The van der Waals surface area contributed by atoms with Crippen molar-refractivity contribution in [1.82, 2.24) is 29.8 Å². The largest absolute Gasteiger partial charge is 0.461 e. The van der Waals surface area contributed by atoms with Gasteiger partial charge in [-0.15, -0.1) is 5.10 Å². The molecule has 0 radical (unpaired) electrons. The zero-order valence-electron chi connectivity index (χ0n) is 17.7. The van der Waals surface area contributed by atoms with E-state index in [4.69, 9.17) is 10.2 Å². The van der Waals surface area contributed by atoms with Crippen LogP contribution in [0.1, 0.15) is 24.8 Å². The molecule has 9 heteroatoms. The molecule has 32 heavy (non-hydrogen) atoms. The molecule has 5 rings (SSSR count). The van der Waals surface area contributed by atoms with Crippen molar-refractivity contribution in [2.75, 3.05) is 25.4 Å². The van der Waals surface area contributed by atoms with Gasteiger partial charge in [-0.1, -0.05) is 24.3 Å². The van der Waals surface area contributed by atoms with Gasteiger partial charge in [0.1, 0.15) is 0 Å². The lowest BCUT2D eigenvalue weighted by Gasteiger charge is -2.15. The molecule has 0 bridgehead atoms. The predicted molar refractivity (Wildman–Crippen MR) is 120 cm³/mol. The molecular weight excluding hydrogens is 406 g/mol. The maximum absolute atomic E-state index is 11.6. The van der Waals surface area contributed by atoms with Crippen LogP contribution in [-0.4, -0.2) is 50.0 Å². The van der Waals surface area contributed by atoms with Crippen molar-refractivity contribution < 1.29 is 9.21 Å². The van der Waals surface area contributed by atoms with Crippen LogP contribution < -0.4 is 11.1 Å². The van der Waals surface area contributed by atoms with E-state index in [2.05, 4.69) is 32.5 Å². The summed E-state index contributed by atoms with van der Waals surface area (Å²) in [6.45, 7) is 3.40. The summed E-state index contributed by atoms with van der Waals surface area (Å²) < 4.78 is 6.88. The number of carbonyl (C=O) groups is 1. The van der Waals surface area contributed by atoms with Crippen LogP contribution in [0.4, 0.5) is 5.95 Å². The number of carbonyl (C=O) groups excluding carboxylic acids is 1. The molecule has 3 aromatic heterocycles. The molecule has 0 spiro atoms. The molecular formula is C23H25N7O2. The highest BCUT2D eigenvalue weighted by Gasteiger charge is 2.18. The molecule has 0 unspecified atom stereocenters. The molecule has 4 aromatic rings. The van der Waals surface area contributed by atoms with E-state index in [0.717, 1.165) is 50.3 Å². The molecule has 0 aliphatic carbocycles. The Morgan fingerprint density at radius 2 is 2.03 bits per heavy atom. The van der Waals surface area contributed by atoms with Crippen molar-refractivity contribution in [3.05, 3.63) is 54.3 Å². The van der Waals surface area contributed by atoms with E-state index in [1.54, 1.807) is 18.4 Å². The van der Waals surface area contributed by atoms with E-state index in [9.17, 15) is 4.79 Å². The van der Waals surface area contributed by atoms with Gasteiger partial charge in [-0.05, 0) is 37.1 Å². The molecule has 4 heterocycles. The first-order valence-electron chi connectivity index (χ1n) is 10.8. The number of nitrogens with zero attached hydrogens (tertiary/aromatic N) is 5. The number of nitrogens with two attached hydrogens (primary N) is 1. The molecule has 0 atom stereocenters. The van der Waals surface area contributed by atoms with Crippen molar-refractivity contribution >= 4 is 17.5 Å². The van der Waals surface area contributed by atoms with E-state index in [-0.39, 0.29) is 11.9 Å². The van der Waals surface area contributed by atoms with Crippen molar-refractivity contribution in [3.63, 3.8) is 0 Å². The number of amides is 1. The lowest BCUT2D eigenvalue weighted by atomic mass is 10.1. The Hall–Kier alpha value is -3.72. The van der Waals surface area contributed by atoms with Crippen molar-refractivity contribution in [1.29, 1.82) is 0 Å². The van der Waals surface area contributed by atoms with Crippen LogP contribution in [-0.2, 0) is 11.3 Å². The molecule has 0 saturated carbocycles. The third-order valence-electron chi connectivity index (χ3n) is 5.62. The molecule has 1 amide bonds. The number of fused-ring (bicyclic) bond motifs is 1. The van der Waals surface area contributed by atoms with Gasteiger partial charge in [-0.3, -0.25) is 4.79 Å². The first-order valence-corrected chi connectivity index (χ1v) is 10.8. The van der Waals surface area contributed by atoms with Gasteiger partial charge >= 0.3 is 0 Å². The topological polar surface area (TPSA) is 115 Å². The van der Waals surface area contributed by atoms with Gasteiger partial charge < -0.3 is 20.4 Å². The number of likely N-dealkylation sites (tertiary alicyclic amines) is 1. The van der Waals surface area contributed by atoms with Gasteiger partial charge in [0.15, 0.2) is 11.4 Å². The highest BCUT2D eigenvalue weighted by atomic mass is 16.3. The number of hydrogen-bond acceptors (Lipinski definition) is 7. The Balaban J connectivity index is 1.21. The Morgan fingerprint density at radius 3 is 2.78 bits per heavy atom. The number of hydrogen-bond donors (Lipinski definition) is 2. The summed E-state index contributed by atoms with van der Waals surface area (Å²) in [5.41, 5.74) is 9.61. The third-order valence-corrected chi connectivity index (χ3v) is 5.62. The quantitative estimate of drug-likeness (QED) is 0.412. The van der Waals surface area contributed by atoms with E-state index in [1.165, 1.54) is 10.1 Å². The maximum atomic E-state index is 11.6. The van der Waals surface area contributed by atoms with Gasteiger partial charge in [-0.2, -0.15) is 4.52 Å². The highest BCUT2D eigenvalue weighted by molar-refractivity contribution is 5.78. The van der Waals surface area contributed by atoms with Gasteiger partial charge in [-0.25, -0.2) is 9.97 Å². The fraction of sp³-hybridized carbons (Fsp3) is 0.304. The van der Waals surface area contributed by atoms with Crippen LogP contribution in [0.15, 0.2) is 53.1 Å². The summed E-state index contributed by atoms with van der Waals surface area (Å²) >= 11 is 0. The van der Waals surface area contributed by atoms with E-state index < -0.39 is 0 Å². The number of aromatic nitrogens is 4. The normalized spacial score (nSPS) is 14.0. The van der Waals surface area contributed by atoms with Crippen molar-refractivity contribution in [2.45, 2.75) is 25.8 Å². The number of nitrogens with one attached hydrogen (secondary N) is 1. The molecule has 1 aliphatic heterocycles. The Labute approximate surface area is 185 Å². The number of nitrogen functional groups attached to an aromatic ring is 1.